The predicted molar refractivity (Wildman–Crippen MR) is 68.8 cm³/mol. The van der Waals surface area contributed by atoms with Gasteiger partial charge in [-0.15, -0.1) is 0 Å². The highest BCUT2D eigenvalue weighted by Gasteiger charge is 2.27. The van der Waals surface area contributed by atoms with E-state index in [0.29, 0.717) is 18.8 Å². The molecule has 0 saturated carbocycles. The first-order chi connectivity index (χ1) is 8.70. The van der Waals surface area contributed by atoms with Gasteiger partial charge in [-0.2, -0.15) is 0 Å². The number of carbonyl (C=O) groups excluding carboxylic acids is 1. The maximum absolute atomic E-state index is 11.5. The highest BCUT2D eigenvalue weighted by Crippen LogP contribution is 2.31. The van der Waals surface area contributed by atoms with E-state index in [1.165, 1.54) is 6.07 Å². The van der Waals surface area contributed by atoms with E-state index in [2.05, 4.69) is 0 Å². The average Bonchev–Trinajstić information content (AvgIpc) is 2.40. The molecule has 1 aromatic rings. The predicted octanol–water partition coefficient (Wildman–Crippen LogP) is 2.68. The summed E-state index contributed by atoms with van der Waals surface area (Å²) in [5.74, 6) is 0.379. The van der Waals surface area contributed by atoms with Crippen LogP contribution in [-0.2, 0) is 16.0 Å². The van der Waals surface area contributed by atoms with Gasteiger partial charge in [-0.25, -0.2) is 4.79 Å². The van der Waals surface area contributed by atoms with Gasteiger partial charge in [0.05, 0.1) is 6.61 Å². The third-order valence-electron chi connectivity index (χ3n) is 2.55. The number of ether oxygens (including phenoxy) is 2. The Hall–Kier alpha value is -1.71. The van der Waals surface area contributed by atoms with Gasteiger partial charge in [0.1, 0.15) is 11.5 Å². The molecule has 0 fully saturated rings. The zero-order valence-corrected chi connectivity index (χ0v) is 11.1. The molecule has 1 aliphatic heterocycles. The molecule has 1 N–H and O–H groups in total. The zero-order chi connectivity index (χ0) is 13.5. The van der Waals surface area contributed by atoms with Crippen molar-refractivity contribution >= 4 is 5.97 Å². The zero-order valence-electron chi connectivity index (χ0n) is 11.1. The fourth-order valence-corrected chi connectivity index (χ4v) is 1.76. The summed E-state index contributed by atoms with van der Waals surface area (Å²) in [5.41, 5.74) is 1.01. The first-order valence-corrected chi connectivity index (χ1v) is 6.36. The smallest absolute Gasteiger partial charge is 0.347 e. The van der Waals surface area contributed by atoms with Gasteiger partial charge < -0.3 is 14.6 Å². The Morgan fingerprint density at radius 2 is 2.22 bits per heavy atom. The lowest BCUT2D eigenvalue weighted by Crippen LogP contribution is -2.32. The summed E-state index contributed by atoms with van der Waals surface area (Å²) < 4.78 is 10.4. The molecule has 0 amide bonds. The molecule has 4 nitrogen and oxygen atoms in total. The van der Waals surface area contributed by atoms with E-state index in [1.807, 2.05) is 19.9 Å². The number of hydrogen-bond acceptors (Lipinski definition) is 4. The highest BCUT2D eigenvalue weighted by atomic mass is 16.6. The molecule has 100 valence electrons. The molecule has 1 unspecified atom stereocenters. The molecule has 1 aliphatic rings. The van der Waals surface area contributed by atoms with Crippen molar-refractivity contribution in [1.82, 2.24) is 0 Å². The Morgan fingerprint density at radius 1 is 1.50 bits per heavy atom. The highest BCUT2D eigenvalue weighted by molar-refractivity contribution is 5.75. The minimum atomic E-state index is -0.547. The molecule has 0 spiro atoms. The summed E-state index contributed by atoms with van der Waals surface area (Å²) in [4.78, 5) is 11.5. The van der Waals surface area contributed by atoms with Crippen LogP contribution in [0.25, 0.3) is 0 Å². The molecular formula is C14H20O4. The number of fused-ring (bicyclic) bond motifs is 1. The van der Waals surface area contributed by atoms with Gasteiger partial charge in [0.15, 0.2) is 6.10 Å². The molecule has 0 bridgehead atoms. The van der Waals surface area contributed by atoms with Crippen molar-refractivity contribution in [2.45, 2.75) is 39.7 Å². The number of phenolic OH excluding ortho intramolecular Hbond substituents is 1. The molecule has 1 heterocycles. The lowest BCUT2D eigenvalue weighted by molar-refractivity contribution is -0.152. The molecule has 0 radical (unpaired) electrons. The fraction of sp³-hybridized carbons (Fsp3) is 0.500. The van der Waals surface area contributed by atoms with Crippen LogP contribution in [0.1, 0.15) is 32.8 Å². The number of aromatic hydroxyl groups is 1. The molecule has 18 heavy (non-hydrogen) atoms. The first kappa shape index (κ1) is 14.4. The van der Waals surface area contributed by atoms with Gasteiger partial charge in [-0.3, -0.25) is 0 Å². The van der Waals surface area contributed by atoms with E-state index in [1.54, 1.807) is 13.0 Å². The topological polar surface area (TPSA) is 55.8 Å². The van der Waals surface area contributed by atoms with Gasteiger partial charge in [-0.05, 0) is 31.4 Å². The lowest BCUT2D eigenvalue weighted by Gasteiger charge is -2.24. The van der Waals surface area contributed by atoms with Gasteiger partial charge in [0.2, 0.25) is 0 Å². The van der Waals surface area contributed by atoms with E-state index in [9.17, 15) is 9.90 Å². The standard InChI is InChI=1S/C12H14O4.C2H6/c1-2-15-12(14)10-6-4-8-3-5-9(13)7-11(8)16-10;1-2/h3,5,7,10,13H,2,4,6H2,1H3;1-2H3. The quantitative estimate of drug-likeness (QED) is 0.822. The lowest BCUT2D eigenvalue weighted by atomic mass is 10.0. The molecule has 2 rings (SSSR count). The van der Waals surface area contributed by atoms with Crippen molar-refractivity contribution in [3.8, 4) is 11.5 Å². The van der Waals surface area contributed by atoms with E-state index < -0.39 is 6.10 Å². The first-order valence-electron chi connectivity index (χ1n) is 6.36. The summed E-state index contributed by atoms with van der Waals surface area (Å²) >= 11 is 0. The Bertz CT molecular complexity index is 401. The van der Waals surface area contributed by atoms with Gasteiger partial charge in [-0.1, -0.05) is 19.9 Å². The number of phenols is 1. The average molecular weight is 252 g/mol. The van der Waals surface area contributed by atoms with Crippen LogP contribution in [0.5, 0.6) is 11.5 Å². The Labute approximate surface area is 108 Å². The largest absolute Gasteiger partial charge is 0.508 e. The second-order valence-electron chi connectivity index (χ2n) is 3.69. The maximum Gasteiger partial charge on any atom is 0.347 e. The number of esters is 1. The summed E-state index contributed by atoms with van der Waals surface area (Å²) in [7, 11) is 0. The van der Waals surface area contributed by atoms with Gasteiger partial charge in [0, 0.05) is 6.07 Å². The van der Waals surface area contributed by atoms with E-state index in [-0.39, 0.29) is 11.7 Å². The monoisotopic (exact) mass is 252 g/mol. The number of benzene rings is 1. The molecule has 1 atom stereocenters. The number of rotatable bonds is 2. The van der Waals surface area contributed by atoms with Crippen molar-refractivity contribution in [2.24, 2.45) is 0 Å². The van der Waals surface area contributed by atoms with Crippen LogP contribution >= 0.6 is 0 Å². The van der Waals surface area contributed by atoms with Crippen LogP contribution in [0.3, 0.4) is 0 Å². The van der Waals surface area contributed by atoms with Gasteiger partial charge in [0.25, 0.3) is 0 Å². The summed E-state index contributed by atoms with van der Waals surface area (Å²) in [6, 6.07) is 4.96. The number of hydrogen-bond donors (Lipinski definition) is 1. The third-order valence-corrected chi connectivity index (χ3v) is 2.55. The van der Waals surface area contributed by atoms with Crippen molar-refractivity contribution in [3.63, 3.8) is 0 Å². The second kappa shape index (κ2) is 6.89. The Balaban J connectivity index is 0.000000771. The van der Waals surface area contributed by atoms with Crippen LogP contribution in [0.4, 0.5) is 0 Å². The minimum Gasteiger partial charge on any atom is -0.508 e. The molecule has 0 aromatic heterocycles. The summed E-state index contributed by atoms with van der Waals surface area (Å²) in [6.07, 6.45) is 0.838. The third kappa shape index (κ3) is 3.39. The van der Waals surface area contributed by atoms with Crippen molar-refractivity contribution < 1.29 is 19.4 Å². The number of carbonyl (C=O) groups is 1. The Kier molecular flexibility index (Phi) is 5.49. The summed E-state index contributed by atoms with van der Waals surface area (Å²) in [5, 5.41) is 9.32. The normalized spacial score (nSPS) is 16.7. The second-order valence-corrected chi connectivity index (χ2v) is 3.69. The minimum absolute atomic E-state index is 0.142. The fourth-order valence-electron chi connectivity index (χ4n) is 1.76. The van der Waals surface area contributed by atoms with E-state index >= 15 is 0 Å². The van der Waals surface area contributed by atoms with Crippen LogP contribution in [0.15, 0.2) is 18.2 Å². The van der Waals surface area contributed by atoms with Crippen LogP contribution in [0, 0.1) is 0 Å². The van der Waals surface area contributed by atoms with Crippen molar-refractivity contribution in [1.29, 1.82) is 0 Å². The van der Waals surface area contributed by atoms with Crippen molar-refractivity contribution in [3.05, 3.63) is 23.8 Å². The van der Waals surface area contributed by atoms with E-state index in [4.69, 9.17) is 9.47 Å². The Morgan fingerprint density at radius 3 is 2.89 bits per heavy atom. The van der Waals surface area contributed by atoms with Gasteiger partial charge >= 0.3 is 5.97 Å². The number of aryl methyl sites for hydroxylation is 1. The van der Waals surface area contributed by atoms with E-state index in [0.717, 1.165) is 12.0 Å². The molecule has 1 aromatic carbocycles. The molecule has 0 saturated heterocycles. The molecule has 0 aliphatic carbocycles. The van der Waals surface area contributed by atoms with Crippen LogP contribution < -0.4 is 4.74 Å². The van der Waals surface area contributed by atoms with Crippen molar-refractivity contribution in [2.75, 3.05) is 6.61 Å². The van der Waals surface area contributed by atoms with Crippen LogP contribution in [0.2, 0.25) is 0 Å². The SMILES string of the molecule is CC.CCOC(=O)C1CCc2ccc(O)cc2O1. The van der Waals surface area contributed by atoms with Crippen LogP contribution in [-0.4, -0.2) is 23.8 Å². The summed E-state index contributed by atoms with van der Waals surface area (Å²) in [6.45, 7) is 6.12. The molecular weight excluding hydrogens is 232 g/mol. The maximum atomic E-state index is 11.5. The molecule has 4 heteroatoms.